The number of fused-ring (bicyclic) bond motifs is 2. The number of para-hydroxylation sites is 1. The molecule has 0 amide bonds. The molecule has 2 N–H and O–H groups in total. The molecule has 110 valence electrons. The number of aromatic nitrogens is 1. The summed E-state index contributed by atoms with van der Waals surface area (Å²) in [6, 6.07) is 6.13. The van der Waals surface area contributed by atoms with Gasteiger partial charge in [0.25, 0.3) is 0 Å². The summed E-state index contributed by atoms with van der Waals surface area (Å²) in [5.41, 5.74) is 9.97. The third-order valence-electron chi connectivity index (χ3n) is 4.33. The Morgan fingerprint density at radius 3 is 3.00 bits per heavy atom. The number of benzene rings is 1. The molecule has 2 aliphatic rings. The van der Waals surface area contributed by atoms with E-state index in [2.05, 4.69) is 32.0 Å². The molecule has 21 heavy (non-hydrogen) atoms. The van der Waals surface area contributed by atoms with E-state index in [-0.39, 0.29) is 11.6 Å². The highest BCUT2D eigenvalue weighted by atomic mass is 32.1. The fraction of sp³-hybridized carbons (Fsp3) is 0.471. The van der Waals surface area contributed by atoms with Crippen LogP contribution in [0, 0.1) is 0 Å². The zero-order chi connectivity index (χ0) is 14.6. The first kappa shape index (κ1) is 13.3. The van der Waals surface area contributed by atoms with Gasteiger partial charge in [-0.25, -0.2) is 4.98 Å². The fourth-order valence-corrected chi connectivity index (χ4v) is 4.53. The van der Waals surface area contributed by atoms with Crippen molar-refractivity contribution in [1.82, 2.24) is 4.98 Å². The lowest BCUT2D eigenvalue weighted by Crippen LogP contribution is -2.25. The van der Waals surface area contributed by atoms with Crippen LogP contribution in [0.15, 0.2) is 18.2 Å². The quantitative estimate of drug-likeness (QED) is 0.925. The van der Waals surface area contributed by atoms with Gasteiger partial charge < -0.3 is 10.5 Å². The lowest BCUT2D eigenvalue weighted by Gasteiger charge is -2.19. The first-order valence-electron chi connectivity index (χ1n) is 7.58. The SMILES string of the molecule is CC1(C)Cc2cccc(C(N)c3nc4c(s3)CCC4)c2O1. The Hall–Kier alpha value is -1.39. The number of hydrogen-bond acceptors (Lipinski definition) is 4. The molecule has 0 radical (unpaired) electrons. The Morgan fingerprint density at radius 1 is 1.33 bits per heavy atom. The molecule has 0 fully saturated rings. The molecule has 1 aromatic heterocycles. The predicted molar refractivity (Wildman–Crippen MR) is 85.0 cm³/mol. The minimum Gasteiger partial charge on any atom is -0.487 e. The lowest BCUT2D eigenvalue weighted by molar-refractivity contribution is 0.137. The molecule has 0 spiro atoms. The zero-order valence-electron chi connectivity index (χ0n) is 12.5. The van der Waals surface area contributed by atoms with Crippen molar-refractivity contribution in [3.05, 3.63) is 44.9 Å². The molecule has 0 saturated heterocycles. The highest BCUT2D eigenvalue weighted by Crippen LogP contribution is 2.42. The van der Waals surface area contributed by atoms with Crippen LogP contribution in [0.2, 0.25) is 0 Å². The van der Waals surface area contributed by atoms with Crippen LogP contribution in [0.5, 0.6) is 5.75 Å². The van der Waals surface area contributed by atoms with Gasteiger partial charge in [0.1, 0.15) is 16.4 Å². The van der Waals surface area contributed by atoms with Crippen molar-refractivity contribution in [2.24, 2.45) is 5.73 Å². The summed E-state index contributed by atoms with van der Waals surface area (Å²) in [5.74, 6) is 0.977. The maximum absolute atomic E-state index is 6.51. The van der Waals surface area contributed by atoms with Crippen molar-refractivity contribution >= 4 is 11.3 Å². The molecule has 0 saturated carbocycles. The second kappa shape index (κ2) is 4.55. The largest absolute Gasteiger partial charge is 0.487 e. The fourth-order valence-electron chi connectivity index (χ4n) is 3.36. The molecule has 2 aromatic rings. The summed E-state index contributed by atoms with van der Waals surface area (Å²) in [6.07, 6.45) is 4.45. The molecule has 1 unspecified atom stereocenters. The van der Waals surface area contributed by atoms with Crippen LogP contribution in [0.1, 0.15) is 53.0 Å². The van der Waals surface area contributed by atoms with Gasteiger partial charge in [0.05, 0.1) is 11.7 Å². The summed E-state index contributed by atoms with van der Waals surface area (Å²) < 4.78 is 6.14. The van der Waals surface area contributed by atoms with Crippen LogP contribution in [0.4, 0.5) is 0 Å². The summed E-state index contributed by atoms with van der Waals surface area (Å²) in [4.78, 5) is 6.19. The Kier molecular flexibility index (Phi) is 2.88. The van der Waals surface area contributed by atoms with Gasteiger partial charge in [-0.05, 0) is 38.7 Å². The highest BCUT2D eigenvalue weighted by molar-refractivity contribution is 7.11. The standard InChI is InChI=1S/C17H20N2OS/c1-17(2)9-10-5-3-6-11(15(10)20-17)14(18)16-19-12-7-4-8-13(12)21-16/h3,5-6,14H,4,7-9,18H2,1-2H3. The van der Waals surface area contributed by atoms with Crippen LogP contribution in [0.25, 0.3) is 0 Å². The molecule has 4 rings (SSSR count). The molecular weight excluding hydrogens is 280 g/mol. The number of thiazole rings is 1. The molecule has 1 aliphatic heterocycles. The minimum absolute atomic E-state index is 0.136. The normalized spacial score (nSPS) is 20.0. The van der Waals surface area contributed by atoms with Gasteiger partial charge in [0.2, 0.25) is 0 Å². The van der Waals surface area contributed by atoms with Gasteiger partial charge in [-0.15, -0.1) is 11.3 Å². The minimum atomic E-state index is -0.176. The molecule has 1 aromatic carbocycles. The summed E-state index contributed by atoms with van der Waals surface area (Å²) in [6.45, 7) is 4.25. The average Bonchev–Trinajstić information content (AvgIpc) is 3.06. The van der Waals surface area contributed by atoms with E-state index in [1.54, 1.807) is 11.3 Å². The van der Waals surface area contributed by atoms with Crippen LogP contribution in [0.3, 0.4) is 0 Å². The lowest BCUT2D eigenvalue weighted by atomic mass is 9.98. The van der Waals surface area contributed by atoms with Gasteiger partial charge in [-0.3, -0.25) is 0 Å². The second-order valence-corrected chi connectivity index (χ2v) is 7.74. The van der Waals surface area contributed by atoms with E-state index in [0.717, 1.165) is 35.6 Å². The highest BCUT2D eigenvalue weighted by Gasteiger charge is 2.33. The molecular formula is C17H20N2OS. The monoisotopic (exact) mass is 300 g/mol. The van der Waals surface area contributed by atoms with E-state index >= 15 is 0 Å². The Morgan fingerprint density at radius 2 is 2.19 bits per heavy atom. The maximum atomic E-state index is 6.51. The number of aryl methyl sites for hydroxylation is 2. The first-order chi connectivity index (χ1) is 10.0. The molecule has 0 bridgehead atoms. The number of rotatable bonds is 2. The van der Waals surface area contributed by atoms with Gasteiger partial charge >= 0.3 is 0 Å². The van der Waals surface area contributed by atoms with Crippen molar-refractivity contribution < 1.29 is 4.74 Å². The van der Waals surface area contributed by atoms with E-state index in [1.807, 2.05) is 0 Å². The van der Waals surface area contributed by atoms with Crippen molar-refractivity contribution in [1.29, 1.82) is 0 Å². The topological polar surface area (TPSA) is 48.1 Å². The van der Waals surface area contributed by atoms with E-state index in [1.165, 1.54) is 22.6 Å². The van der Waals surface area contributed by atoms with E-state index in [0.29, 0.717) is 0 Å². The molecule has 3 nitrogen and oxygen atoms in total. The summed E-state index contributed by atoms with van der Waals surface area (Å²) >= 11 is 1.78. The molecule has 2 heterocycles. The number of ether oxygens (including phenoxy) is 1. The summed E-state index contributed by atoms with van der Waals surface area (Å²) in [7, 11) is 0. The maximum Gasteiger partial charge on any atom is 0.128 e. The van der Waals surface area contributed by atoms with Crippen LogP contribution < -0.4 is 10.5 Å². The smallest absolute Gasteiger partial charge is 0.128 e. The van der Waals surface area contributed by atoms with Crippen LogP contribution in [-0.2, 0) is 19.3 Å². The van der Waals surface area contributed by atoms with E-state index in [9.17, 15) is 0 Å². The van der Waals surface area contributed by atoms with E-state index in [4.69, 9.17) is 15.5 Å². The van der Waals surface area contributed by atoms with Gasteiger partial charge in [-0.2, -0.15) is 0 Å². The number of nitrogens with two attached hydrogens (primary N) is 1. The average molecular weight is 300 g/mol. The first-order valence-corrected chi connectivity index (χ1v) is 8.40. The van der Waals surface area contributed by atoms with Gasteiger partial charge in [-0.1, -0.05) is 18.2 Å². The Labute approximate surface area is 129 Å². The van der Waals surface area contributed by atoms with Gasteiger partial charge in [0.15, 0.2) is 0 Å². The van der Waals surface area contributed by atoms with Crippen LogP contribution in [-0.4, -0.2) is 10.6 Å². The van der Waals surface area contributed by atoms with Crippen molar-refractivity contribution in [2.75, 3.05) is 0 Å². The van der Waals surface area contributed by atoms with E-state index < -0.39 is 0 Å². The molecule has 1 aliphatic carbocycles. The predicted octanol–water partition coefficient (Wildman–Crippen LogP) is 3.39. The van der Waals surface area contributed by atoms with Crippen molar-refractivity contribution in [3.63, 3.8) is 0 Å². The third-order valence-corrected chi connectivity index (χ3v) is 5.58. The van der Waals surface area contributed by atoms with Crippen molar-refractivity contribution in [2.45, 2.75) is 51.2 Å². The Balaban J connectivity index is 1.72. The summed E-state index contributed by atoms with van der Waals surface area (Å²) in [5, 5.41) is 1.03. The van der Waals surface area contributed by atoms with Crippen LogP contribution >= 0.6 is 11.3 Å². The van der Waals surface area contributed by atoms with Crippen molar-refractivity contribution in [3.8, 4) is 5.75 Å². The number of nitrogens with zero attached hydrogens (tertiary/aromatic N) is 1. The Bertz CT molecular complexity index is 683. The van der Waals surface area contributed by atoms with Gasteiger partial charge in [0, 0.05) is 16.9 Å². The molecule has 4 heteroatoms. The zero-order valence-corrected chi connectivity index (χ0v) is 13.3. The third kappa shape index (κ3) is 2.17. The number of hydrogen-bond donors (Lipinski definition) is 1. The molecule has 1 atom stereocenters. The second-order valence-electron chi connectivity index (χ2n) is 6.63.